The van der Waals surface area contributed by atoms with Gasteiger partial charge in [-0.2, -0.15) is 5.01 Å². The van der Waals surface area contributed by atoms with E-state index < -0.39 is 196 Å². The summed E-state index contributed by atoms with van der Waals surface area (Å²) in [5.41, 5.74) is 4.38. The number of halogens is 6. The monoisotopic (exact) mass is 1650 g/mol. The number of urea groups is 2. The van der Waals surface area contributed by atoms with Crippen molar-refractivity contribution in [1.82, 2.24) is 57.5 Å². The highest BCUT2D eigenvalue weighted by Crippen LogP contribution is 2.46. The second-order valence-corrected chi connectivity index (χ2v) is 32.7. The fraction of sp³-hybridized carbons (Fsp3) is 0.477. The van der Waals surface area contributed by atoms with Crippen molar-refractivity contribution in [2.75, 3.05) is 45.2 Å². The Morgan fingerprint density at radius 2 is 1.08 bits per heavy atom. The number of Topliss-reactive ketones (excluding diaryl/α,β-unsaturated/α-hetero) is 1. The lowest BCUT2D eigenvalue weighted by Crippen LogP contribution is -2.66. The van der Waals surface area contributed by atoms with Crippen molar-refractivity contribution in [2.24, 2.45) is 0 Å². The summed E-state index contributed by atoms with van der Waals surface area (Å²) in [4.78, 5) is 96.3. The zero-order chi connectivity index (χ0) is 85.3. The summed E-state index contributed by atoms with van der Waals surface area (Å²) in [5, 5.41) is 63.1. The Morgan fingerprint density at radius 3 is 1.57 bits per heavy atom. The number of ketones is 1. The van der Waals surface area contributed by atoms with Gasteiger partial charge in [-0.15, -0.1) is 6.42 Å². The van der Waals surface area contributed by atoms with E-state index in [4.69, 9.17) is 6.42 Å². The number of nitrogens with zero attached hydrogens (tertiary/aromatic N) is 3. The third-order valence-electron chi connectivity index (χ3n) is 21.6. The van der Waals surface area contributed by atoms with Crippen molar-refractivity contribution < 1.29 is 78.8 Å². The summed E-state index contributed by atoms with van der Waals surface area (Å²) in [7, 11) is -1.75. The van der Waals surface area contributed by atoms with Crippen LogP contribution >= 0.6 is 0 Å². The largest absolute Gasteiger partial charge is 0.390 e. The number of amides is 7. The normalized spacial score (nSPS) is 16.3. The van der Waals surface area contributed by atoms with Crippen molar-refractivity contribution in [3.63, 3.8) is 0 Å². The van der Waals surface area contributed by atoms with Crippen LogP contribution in [0, 0.1) is 47.2 Å². The zero-order valence-electron chi connectivity index (χ0n) is 67.9. The highest BCUT2D eigenvalue weighted by Gasteiger charge is 2.54. The third-order valence-corrected chi connectivity index (χ3v) is 23.4. The van der Waals surface area contributed by atoms with Gasteiger partial charge in [0.1, 0.15) is 62.9 Å². The maximum atomic E-state index is 17.8. The Morgan fingerprint density at radius 1 is 0.573 bits per heavy atom. The number of hydrazine groups is 1. The lowest BCUT2D eigenvalue weighted by atomic mass is 9.91. The number of aliphatic hydroxyl groups is 3. The summed E-state index contributed by atoms with van der Waals surface area (Å²) in [6.45, 7) is 10.2. The fourth-order valence-electron chi connectivity index (χ4n) is 15.2. The van der Waals surface area contributed by atoms with Gasteiger partial charge in [-0.3, -0.25) is 19.2 Å². The molecule has 634 valence electrons. The Labute approximate surface area is 683 Å². The molecule has 6 aromatic rings. The van der Waals surface area contributed by atoms with Gasteiger partial charge in [0.15, 0.2) is 5.78 Å². The van der Waals surface area contributed by atoms with Crippen LogP contribution < -0.4 is 42.5 Å². The molecule has 0 spiro atoms. The van der Waals surface area contributed by atoms with Gasteiger partial charge in [0, 0.05) is 88.2 Å². The molecule has 10 atom stereocenters. The fourth-order valence-corrected chi connectivity index (χ4v) is 16.7. The van der Waals surface area contributed by atoms with E-state index in [2.05, 4.69) is 48.5 Å². The lowest BCUT2D eigenvalue weighted by Gasteiger charge is -2.45. The van der Waals surface area contributed by atoms with E-state index in [1.54, 1.807) is 32.0 Å². The van der Waals surface area contributed by atoms with Gasteiger partial charge in [0.05, 0.1) is 54.0 Å². The molecule has 0 bridgehead atoms. The number of carbonyl (C=O) groups is 6. The summed E-state index contributed by atoms with van der Waals surface area (Å²) in [5.74, 6) is -9.37. The number of unbranched alkanes of at least 4 members (excludes halogenated alkanes) is 2. The molecule has 2 aliphatic rings. The van der Waals surface area contributed by atoms with E-state index in [1.165, 1.54) is 26.0 Å². The number of sulfone groups is 1. The number of hydrogen-bond acceptors (Lipinski definition) is 15. The predicted molar refractivity (Wildman–Crippen MR) is 437 cm³/mol. The Hall–Kier alpha value is -9.51. The molecule has 0 saturated heterocycles. The van der Waals surface area contributed by atoms with Crippen molar-refractivity contribution in [2.45, 2.75) is 224 Å². The minimum Gasteiger partial charge on any atom is -0.390 e. The highest BCUT2D eigenvalue weighted by molar-refractivity contribution is 7.91. The average molecular weight is 1650 g/mol. The number of rotatable bonds is 46. The predicted octanol–water partition coefficient (Wildman–Crippen LogP) is 9.87. The number of carbonyl (C=O) groups excluding carboxylic acids is 6. The second kappa shape index (κ2) is 44.3. The highest BCUT2D eigenvalue weighted by atomic mass is 32.2. The first-order valence-corrected chi connectivity index (χ1v) is 42.1. The molecule has 8 rings (SSSR count). The molecule has 22 nitrogen and oxygen atoms in total. The molecule has 1 aliphatic heterocycles. The van der Waals surface area contributed by atoms with Crippen molar-refractivity contribution in [3.8, 4) is 12.3 Å². The van der Waals surface area contributed by atoms with Crippen LogP contribution in [0.1, 0.15) is 162 Å². The third kappa shape index (κ3) is 26.5. The summed E-state index contributed by atoms with van der Waals surface area (Å²) in [6, 6.07) is 15.6. The topological polar surface area (TPSA) is 303 Å². The molecule has 0 radical (unpaired) electrons. The molecule has 1 saturated carbocycles. The maximum Gasteiger partial charge on any atom is 0.336 e. The van der Waals surface area contributed by atoms with Crippen molar-refractivity contribution in [3.05, 3.63) is 224 Å². The Balaban J connectivity index is 1.34. The number of nitrogens with one attached hydrogen (secondary N) is 8. The minimum atomic E-state index is -4.26. The number of hydrogen-bond donors (Lipinski definition) is 11. The molecule has 11 N–H and O–H groups in total. The number of aliphatic hydroxyl groups excluding tert-OH is 3. The molecule has 1 heterocycles. The molecular formula is C88H113F6N11O11S. The van der Waals surface area contributed by atoms with Gasteiger partial charge in [-0.25, -0.2) is 49.4 Å². The van der Waals surface area contributed by atoms with Gasteiger partial charge >= 0.3 is 12.1 Å². The molecule has 3 unspecified atom stereocenters. The Bertz CT molecular complexity index is 4530. The number of allylic oxidation sites excluding steroid dienone is 1. The van der Waals surface area contributed by atoms with E-state index in [-0.39, 0.29) is 79.9 Å². The van der Waals surface area contributed by atoms with Crippen LogP contribution in [0.3, 0.4) is 0 Å². The lowest BCUT2D eigenvalue weighted by molar-refractivity contribution is -0.156. The quantitative estimate of drug-likeness (QED) is 0.0125. The van der Waals surface area contributed by atoms with Crippen LogP contribution in [0.2, 0.25) is 0 Å². The van der Waals surface area contributed by atoms with Crippen molar-refractivity contribution in [1.29, 1.82) is 0 Å². The molecule has 117 heavy (non-hydrogen) atoms. The molecule has 6 aromatic carbocycles. The van der Waals surface area contributed by atoms with E-state index in [9.17, 15) is 28.5 Å². The van der Waals surface area contributed by atoms with Gasteiger partial charge < -0.3 is 62.8 Å². The van der Waals surface area contributed by atoms with E-state index >= 15 is 50.3 Å². The molecule has 7 amide bonds. The van der Waals surface area contributed by atoms with E-state index in [0.717, 1.165) is 80.5 Å². The van der Waals surface area contributed by atoms with Gasteiger partial charge in [-0.05, 0) is 183 Å². The first-order valence-electron chi connectivity index (χ1n) is 40.3. The van der Waals surface area contributed by atoms with Gasteiger partial charge in [0.2, 0.25) is 17.7 Å². The maximum absolute atomic E-state index is 17.8. The summed E-state index contributed by atoms with van der Waals surface area (Å²) >= 11 is 0. The molecule has 0 aromatic heterocycles. The zero-order valence-corrected chi connectivity index (χ0v) is 68.7. The van der Waals surface area contributed by atoms with Crippen LogP contribution in [-0.2, 0) is 79.7 Å². The Kier molecular flexibility index (Phi) is 35.2. The SMILES string of the molecule is C#Cc1cccc(C2(NC[C@@H](O)[C@H](Cc3cc(F)cc(F)c3)NC(=O)[C@@H](CCS(=O)(=O)CCCC)N(C(=O)C3C(CCCC)=C(C)N(C(=O)NC)N3[C@@H](Cc3cc(F)cc(F)c3)[C@H](O)CNCc3cccc(CC)c3)C(CCC)C(=O)CC(NC(=O)NC)C(=O)N[C@@H](Cc3cc(F)cc(F)c3)[C@H](O)CNCc3cccc(CC)c3)CC2)c1. The van der Waals surface area contributed by atoms with Crippen LogP contribution in [0.5, 0.6) is 0 Å². The first-order chi connectivity index (χ1) is 55.9. The van der Waals surface area contributed by atoms with Gasteiger partial charge in [0.25, 0.3) is 0 Å². The first kappa shape index (κ1) is 93.0. The summed E-state index contributed by atoms with van der Waals surface area (Å²) < 4.78 is 122. The summed E-state index contributed by atoms with van der Waals surface area (Å²) in [6.07, 6.45) is 0.796. The number of aryl methyl sites for hydroxylation is 2. The number of benzene rings is 6. The molecule has 1 fully saturated rings. The minimum absolute atomic E-state index is 0.0183. The smallest absolute Gasteiger partial charge is 0.336 e. The van der Waals surface area contributed by atoms with E-state index in [0.29, 0.717) is 62.3 Å². The molecule has 1 aliphatic carbocycles. The van der Waals surface area contributed by atoms with Crippen LogP contribution in [0.25, 0.3) is 0 Å². The molecule has 29 heteroatoms. The average Bonchev–Trinajstić information content (AvgIpc) is 1.51. The second-order valence-electron chi connectivity index (χ2n) is 30.4. The van der Waals surface area contributed by atoms with E-state index in [1.807, 2.05) is 75.4 Å². The standard InChI is InChI=1S/C88H113F6N11O11S/c1-10-16-28-71-55(7)104(87(114)96-9)105(77(45-63-41-69(93)48-70(94)42-63)81(109)53-98-51-60-26-19-23-57(14-5)35-60)82(71)85(112)103(75(21-12-3)78(106)49-74(102-86(113)95-8)83(110)100-72(43-61-37-65(89)46-66(90)38-61)79(107)52-97-50-59-25-18-22-56(13-4)34-59)76(29-33-117(115,116)32-17-11-2)84(111)101-73(44-62-39-67(91)47-68(92)40-62)80(108)54-99-88(30-31-88)64-27-20-24-58(15-6)36-64/h6,18-20,22-27,34-42,46-48,72-77,79-82,97-99,107-109H,10-14,16-17,21,28-33,43-45,49-54H2,1-5,7-9H3,(H,96,114)(H,100,110)(H,101,111)(H2,95,102,113)/t72-,73-,74?,75?,76+,77-,79+,80+,81+,82?/m0/s1. The van der Waals surface area contributed by atoms with Crippen LogP contribution in [0.15, 0.2) is 139 Å². The van der Waals surface area contributed by atoms with Crippen molar-refractivity contribution >= 4 is 45.4 Å². The van der Waals surface area contributed by atoms with Crippen LogP contribution in [0.4, 0.5) is 35.9 Å². The number of terminal acetylenes is 1. The molecular weight excluding hydrogens is 1530 g/mol. The van der Waals surface area contributed by atoms with Crippen LogP contribution in [-0.4, -0.2) is 180 Å². The van der Waals surface area contributed by atoms with Gasteiger partial charge in [-0.1, -0.05) is 120 Å².